The Hall–Kier alpha value is -11.5. The van der Waals surface area contributed by atoms with Gasteiger partial charge in [0.25, 0.3) is 0 Å². The molecule has 4 heterocycles. The van der Waals surface area contributed by atoms with Crippen molar-refractivity contribution >= 4 is 47.8 Å². The van der Waals surface area contributed by atoms with Crippen LogP contribution >= 0.6 is 0 Å². The molecule has 0 bridgehead atoms. The molecule has 4 saturated heterocycles. The van der Waals surface area contributed by atoms with Crippen molar-refractivity contribution in [3.05, 3.63) is 172 Å². The Kier molecular flexibility index (Phi) is 42.1. The highest BCUT2D eigenvalue weighted by Crippen LogP contribution is 2.47. The summed E-state index contributed by atoms with van der Waals surface area (Å²) in [5, 5.41) is 0. The first-order valence-electron chi connectivity index (χ1n) is 40.1. The molecule has 36 heteroatoms. The van der Waals surface area contributed by atoms with Crippen LogP contribution in [0.4, 0.5) is 0 Å². The second-order valence-corrected chi connectivity index (χ2v) is 28.8. The molecule has 2 aliphatic carbocycles. The minimum Gasteiger partial charge on any atom is -0.464 e. The standard InChI is InChI=1S/C30H38O12.C30H42O12.C30H30O12/c1-19-3-21(5-27(39-15-31-7-23-11-35-23)29(19)41-17-33-9-25-13-37-25)22-4-20(2)30(42-18-34-10-26-14-38-26)28(6-22)40-16-32-8-24-12-36-24;2*1-7-25(31)37-15-35-23-13-21(11-19(5)29(23)41-17-39-27(33)9-3)22-12-20(6)30(42-18-40-28(34)10-4)24(14-22)36-16-38-26(32)8-2/h3-6,23-26H,7-18H2,1-2H3;7-10,19-24,29-30H,1-4,11-18H2,5-6H3;7-14H,1-4,15-18H2,5-6H3. The van der Waals surface area contributed by atoms with Gasteiger partial charge in [-0.3, -0.25) is 0 Å². The number of benzene rings is 4. The summed E-state index contributed by atoms with van der Waals surface area (Å²) < 4.78 is 153. The van der Waals surface area contributed by atoms with Gasteiger partial charge in [0.15, 0.2) is 100 Å². The lowest BCUT2D eigenvalue weighted by Crippen LogP contribution is -2.49. The molecule has 0 aromatic heterocycles. The zero-order valence-corrected chi connectivity index (χ0v) is 71.5. The van der Waals surface area contributed by atoms with Crippen LogP contribution in [0.3, 0.4) is 0 Å². The van der Waals surface area contributed by atoms with Crippen LogP contribution in [-0.2, 0) is 133 Å². The Morgan fingerprint density at radius 1 is 0.294 bits per heavy atom. The zero-order valence-electron chi connectivity index (χ0n) is 71.5. The van der Waals surface area contributed by atoms with Gasteiger partial charge in [0, 0.05) is 48.6 Å². The number of ether oxygens (including phenoxy) is 28. The number of hydrogen-bond donors (Lipinski definition) is 0. The Morgan fingerprint density at radius 2 is 0.500 bits per heavy atom. The summed E-state index contributed by atoms with van der Waals surface area (Å²) in [6.07, 6.45) is 9.67. The first kappa shape index (κ1) is 99.9. The largest absolute Gasteiger partial charge is 0.464 e. The minimum atomic E-state index is -0.700. The summed E-state index contributed by atoms with van der Waals surface area (Å²) in [6.45, 7) is 40.4. The fraction of sp³-hybridized carbons (Fsp3) is 0.467. The SMILES string of the molecule is C=CC(=O)OCOC1CC(C2CC(C)C(OCOC(=O)C=C)C(OCOC(=O)C=C)C2)CC(C)C1OCOC(=O)C=C.C=CC(=O)OCOc1cc(-c2cc(C)c(OCOC(=O)C=C)c(OCOC(=O)C=C)c2)cc(C)c1OCOC(=O)C=C.Cc1cc(-c2cc(C)c(OCOCC3CO3)c(OCOCC3CO3)c2)cc(OCOCC2CO2)c1OCOCC1CO1. The van der Waals surface area contributed by atoms with Crippen molar-refractivity contribution in [3.63, 3.8) is 0 Å². The second-order valence-electron chi connectivity index (χ2n) is 28.8. The zero-order chi connectivity index (χ0) is 90.9. The van der Waals surface area contributed by atoms with Crippen LogP contribution in [-0.4, -0.2) is 231 Å². The molecular weight excluding hydrogens is 1660 g/mol. The number of epoxide rings is 4. The summed E-state index contributed by atoms with van der Waals surface area (Å²) in [6, 6.07) is 14.6. The van der Waals surface area contributed by atoms with E-state index in [2.05, 4.69) is 52.6 Å². The van der Waals surface area contributed by atoms with E-state index in [1.807, 2.05) is 52.0 Å². The van der Waals surface area contributed by atoms with Gasteiger partial charge in [-0.25, -0.2) is 38.4 Å². The summed E-state index contributed by atoms with van der Waals surface area (Å²) in [4.78, 5) is 91.9. The molecule has 4 aliphatic heterocycles. The average Bonchev–Trinajstić information content (AvgIpc) is 0.809. The molecule has 6 aliphatic rings. The van der Waals surface area contributed by atoms with E-state index in [4.69, 9.17) is 133 Å². The van der Waals surface area contributed by atoms with Gasteiger partial charge in [-0.15, -0.1) is 0 Å². The molecule has 36 nitrogen and oxygen atoms in total. The molecule has 686 valence electrons. The molecule has 2 saturated carbocycles. The molecule has 0 radical (unpaired) electrons. The Bertz CT molecular complexity index is 4080. The van der Waals surface area contributed by atoms with Crippen molar-refractivity contribution in [2.75, 3.05) is 134 Å². The summed E-state index contributed by atoms with van der Waals surface area (Å²) in [5.74, 6) is -1.86. The van der Waals surface area contributed by atoms with Crippen molar-refractivity contribution < 1.29 is 171 Å². The van der Waals surface area contributed by atoms with Crippen molar-refractivity contribution in [2.45, 2.75) is 116 Å². The molecule has 6 fully saturated rings. The molecule has 12 unspecified atom stereocenters. The van der Waals surface area contributed by atoms with E-state index in [9.17, 15) is 38.4 Å². The van der Waals surface area contributed by atoms with Gasteiger partial charge >= 0.3 is 47.8 Å². The molecule has 4 aromatic rings. The van der Waals surface area contributed by atoms with E-state index in [1.165, 1.54) is 0 Å². The van der Waals surface area contributed by atoms with Crippen LogP contribution in [0.2, 0.25) is 0 Å². The maximum atomic E-state index is 11.6. The van der Waals surface area contributed by atoms with Crippen LogP contribution < -0.4 is 37.9 Å². The van der Waals surface area contributed by atoms with Crippen molar-refractivity contribution in [1.29, 1.82) is 0 Å². The van der Waals surface area contributed by atoms with Gasteiger partial charge in [-0.2, -0.15) is 0 Å². The molecule has 10 rings (SSSR count). The van der Waals surface area contributed by atoms with E-state index in [-0.39, 0.29) is 125 Å². The molecule has 12 atom stereocenters. The van der Waals surface area contributed by atoms with Crippen molar-refractivity contribution in [2.24, 2.45) is 23.7 Å². The van der Waals surface area contributed by atoms with Gasteiger partial charge < -0.3 is 133 Å². The Labute approximate surface area is 730 Å². The van der Waals surface area contributed by atoms with Gasteiger partial charge in [0.05, 0.1) is 77.3 Å². The third-order valence-electron chi connectivity index (χ3n) is 19.4. The highest BCUT2D eigenvalue weighted by Gasteiger charge is 2.46. The van der Waals surface area contributed by atoms with Gasteiger partial charge in [-0.05, 0) is 170 Å². The fourth-order valence-corrected chi connectivity index (χ4v) is 13.0. The minimum absolute atomic E-state index is 0.00167. The van der Waals surface area contributed by atoms with E-state index in [1.54, 1.807) is 38.1 Å². The maximum absolute atomic E-state index is 11.6. The molecular formula is C90H110O36. The smallest absolute Gasteiger partial charge is 0.333 e. The third-order valence-corrected chi connectivity index (χ3v) is 19.4. The molecule has 0 amide bonds. The fourth-order valence-electron chi connectivity index (χ4n) is 13.0. The predicted octanol–water partition coefficient (Wildman–Crippen LogP) is 10.6. The molecule has 4 aromatic carbocycles. The predicted molar refractivity (Wildman–Crippen MR) is 442 cm³/mol. The number of carbonyl (C=O) groups is 8. The van der Waals surface area contributed by atoms with E-state index >= 15 is 0 Å². The van der Waals surface area contributed by atoms with Crippen LogP contribution in [0.1, 0.15) is 61.8 Å². The number of carbonyl (C=O) groups excluding carboxylic acids is 8. The van der Waals surface area contributed by atoms with Crippen LogP contribution in [0.5, 0.6) is 46.0 Å². The van der Waals surface area contributed by atoms with Crippen LogP contribution in [0, 0.1) is 51.4 Å². The Morgan fingerprint density at radius 3 is 0.738 bits per heavy atom. The average molecular weight is 1770 g/mol. The first-order valence-corrected chi connectivity index (χ1v) is 40.1. The van der Waals surface area contributed by atoms with E-state index < -0.39 is 99.3 Å². The first-order chi connectivity index (χ1) is 60.9. The topological polar surface area (TPSA) is 408 Å². The molecule has 0 N–H and O–H groups in total. The molecule has 126 heavy (non-hydrogen) atoms. The lowest BCUT2D eigenvalue weighted by molar-refractivity contribution is -0.212. The second kappa shape index (κ2) is 53.1. The van der Waals surface area contributed by atoms with E-state index in [0.717, 1.165) is 110 Å². The van der Waals surface area contributed by atoms with E-state index in [0.29, 0.717) is 84.5 Å². The van der Waals surface area contributed by atoms with Gasteiger partial charge in [0.2, 0.25) is 27.2 Å². The lowest BCUT2D eigenvalue weighted by Gasteiger charge is -2.47. The normalized spacial score (nSPS) is 20.7. The summed E-state index contributed by atoms with van der Waals surface area (Å²) in [5.41, 5.74) is 5.92. The van der Waals surface area contributed by atoms with Gasteiger partial charge in [0.1, 0.15) is 24.4 Å². The number of esters is 8. The quantitative estimate of drug-likeness (QED) is 0.00989. The maximum Gasteiger partial charge on any atom is 0.333 e. The Balaban J connectivity index is 0.000000234. The number of aryl methyl sites for hydroxylation is 4. The highest BCUT2D eigenvalue weighted by molar-refractivity contribution is 5.84. The third kappa shape index (κ3) is 34.8. The number of hydrogen-bond acceptors (Lipinski definition) is 36. The summed E-state index contributed by atoms with van der Waals surface area (Å²) >= 11 is 0. The number of rotatable bonds is 55. The monoisotopic (exact) mass is 1770 g/mol. The van der Waals surface area contributed by atoms with Crippen LogP contribution in [0.15, 0.2) is 150 Å². The molecule has 0 spiro atoms. The highest BCUT2D eigenvalue weighted by atomic mass is 16.8. The van der Waals surface area contributed by atoms with Gasteiger partial charge in [-0.1, -0.05) is 66.5 Å². The van der Waals surface area contributed by atoms with Crippen LogP contribution in [0.25, 0.3) is 22.3 Å². The summed E-state index contributed by atoms with van der Waals surface area (Å²) in [7, 11) is 0. The van der Waals surface area contributed by atoms with Crippen molar-refractivity contribution in [3.8, 4) is 68.2 Å². The lowest BCUT2D eigenvalue weighted by atomic mass is 9.66. The van der Waals surface area contributed by atoms with Crippen molar-refractivity contribution in [1.82, 2.24) is 0 Å².